The summed E-state index contributed by atoms with van der Waals surface area (Å²) in [5, 5.41) is 3.65. The minimum atomic E-state index is 0.469. The van der Waals surface area contributed by atoms with E-state index in [1.165, 1.54) is 25.9 Å². The number of hydrogen-bond donors (Lipinski definition) is 1. The van der Waals surface area contributed by atoms with Crippen LogP contribution in [-0.4, -0.2) is 31.1 Å². The topological polar surface area (TPSA) is 15.3 Å². The van der Waals surface area contributed by atoms with E-state index in [1.807, 2.05) is 0 Å². The molecule has 2 nitrogen and oxygen atoms in total. The maximum atomic E-state index is 3.65. The molecule has 2 rings (SSSR count). The van der Waals surface area contributed by atoms with Gasteiger partial charge in [0.15, 0.2) is 0 Å². The highest BCUT2D eigenvalue weighted by Crippen LogP contribution is 2.35. The van der Waals surface area contributed by atoms with Crippen molar-refractivity contribution in [2.75, 3.05) is 25.5 Å². The van der Waals surface area contributed by atoms with E-state index in [-0.39, 0.29) is 0 Å². The van der Waals surface area contributed by atoms with E-state index in [4.69, 9.17) is 0 Å². The first kappa shape index (κ1) is 15.8. The van der Waals surface area contributed by atoms with Crippen molar-refractivity contribution in [3.8, 4) is 0 Å². The molecule has 0 bridgehead atoms. The third-order valence-corrected chi connectivity index (χ3v) is 5.46. The summed E-state index contributed by atoms with van der Waals surface area (Å²) in [6, 6.07) is 4.62. The Bertz CT molecular complexity index is 427. The van der Waals surface area contributed by atoms with Gasteiger partial charge in [-0.3, -0.25) is 0 Å². The second-order valence-corrected chi connectivity index (χ2v) is 7.97. The van der Waals surface area contributed by atoms with Crippen LogP contribution in [0.2, 0.25) is 0 Å². The summed E-state index contributed by atoms with van der Waals surface area (Å²) in [4.78, 5) is 2.43. The third-order valence-electron chi connectivity index (χ3n) is 3.75. The number of benzene rings is 1. The monoisotopic (exact) mass is 452 g/mol. The predicted octanol–water partition coefficient (Wildman–Crippen LogP) is 5.12. The lowest BCUT2D eigenvalue weighted by Gasteiger charge is -2.34. The van der Waals surface area contributed by atoms with E-state index in [0.717, 1.165) is 19.1 Å². The maximum absolute atomic E-state index is 3.65. The third kappa shape index (κ3) is 4.19. The summed E-state index contributed by atoms with van der Waals surface area (Å²) in [6.07, 6.45) is 2.61. The normalized spacial score (nSPS) is 22.3. The van der Waals surface area contributed by atoms with Crippen LogP contribution in [0.1, 0.15) is 19.8 Å². The molecule has 1 heterocycles. The van der Waals surface area contributed by atoms with Gasteiger partial charge in [-0.1, -0.05) is 15.9 Å². The van der Waals surface area contributed by atoms with Gasteiger partial charge >= 0.3 is 0 Å². The fourth-order valence-electron chi connectivity index (χ4n) is 2.64. The van der Waals surface area contributed by atoms with Gasteiger partial charge in [0.25, 0.3) is 0 Å². The van der Waals surface area contributed by atoms with Gasteiger partial charge < -0.3 is 10.2 Å². The van der Waals surface area contributed by atoms with E-state index in [0.29, 0.717) is 12.0 Å². The number of likely N-dealkylation sites (tertiary alicyclic amines) is 1. The molecule has 0 aliphatic carbocycles. The molecule has 1 aromatic rings. The number of rotatable bonds is 3. The number of nitrogens with zero attached hydrogens (tertiary/aromatic N) is 1. The quantitative estimate of drug-likeness (QED) is 0.682. The van der Waals surface area contributed by atoms with Gasteiger partial charge in [0.1, 0.15) is 0 Å². The minimum Gasteiger partial charge on any atom is -0.380 e. The molecule has 1 saturated heterocycles. The first-order valence-electron chi connectivity index (χ1n) is 6.57. The fourth-order valence-corrected chi connectivity index (χ4v) is 5.13. The summed E-state index contributed by atoms with van der Waals surface area (Å²) in [7, 11) is 2.21. The molecule has 5 heteroatoms. The summed E-state index contributed by atoms with van der Waals surface area (Å²) in [5.41, 5.74) is 1.14. The molecule has 0 spiro atoms. The second-order valence-electron chi connectivity index (χ2n) is 5.34. The van der Waals surface area contributed by atoms with E-state index >= 15 is 0 Å². The standard InChI is InChI=1S/C14H19Br3N2/c1-9(10-4-3-5-19(2)8-10)18-14-12(16)6-11(15)7-13(14)17/h6-7,9-10,18H,3-5,8H2,1-2H3. The smallest absolute Gasteiger partial charge is 0.0631 e. The van der Waals surface area contributed by atoms with Crippen LogP contribution in [0, 0.1) is 5.92 Å². The number of piperidine rings is 1. The number of halogens is 3. The van der Waals surface area contributed by atoms with Gasteiger partial charge in [-0.05, 0) is 83.3 Å². The molecule has 1 aromatic carbocycles. The van der Waals surface area contributed by atoms with Crippen molar-refractivity contribution in [2.45, 2.75) is 25.8 Å². The molecular formula is C14H19Br3N2. The Morgan fingerprint density at radius 1 is 1.26 bits per heavy atom. The van der Waals surface area contributed by atoms with Crippen molar-refractivity contribution < 1.29 is 0 Å². The van der Waals surface area contributed by atoms with E-state index in [9.17, 15) is 0 Å². The lowest BCUT2D eigenvalue weighted by Crippen LogP contribution is -2.39. The molecule has 1 N–H and O–H groups in total. The van der Waals surface area contributed by atoms with Crippen molar-refractivity contribution in [3.63, 3.8) is 0 Å². The Kier molecular flexibility index (Phi) is 5.76. The van der Waals surface area contributed by atoms with Crippen LogP contribution in [0.25, 0.3) is 0 Å². The molecule has 0 radical (unpaired) electrons. The Hall–Kier alpha value is 0.420. The van der Waals surface area contributed by atoms with Crippen LogP contribution in [0.4, 0.5) is 5.69 Å². The van der Waals surface area contributed by atoms with Crippen LogP contribution >= 0.6 is 47.8 Å². The van der Waals surface area contributed by atoms with E-state index in [2.05, 4.69) is 84.1 Å². The fraction of sp³-hybridized carbons (Fsp3) is 0.571. The lowest BCUT2D eigenvalue weighted by atomic mass is 9.92. The van der Waals surface area contributed by atoms with Crippen LogP contribution < -0.4 is 5.32 Å². The molecular weight excluding hydrogens is 436 g/mol. The van der Waals surface area contributed by atoms with E-state index in [1.54, 1.807) is 0 Å². The Morgan fingerprint density at radius 2 is 1.89 bits per heavy atom. The first-order valence-corrected chi connectivity index (χ1v) is 8.95. The average molecular weight is 455 g/mol. The van der Waals surface area contributed by atoms with Crippen molar-refractivity contribution in [3.05, 3.63) is 25.6 Å². The van der Waals surface area contributed by atoms with Gasteiger partial charge in [-0.25, -0.2) is 0 Å². The summed E-state index contributed by atoms with van der Waals surface area (Å²) < 4.78 is 3.25. The lowest BCUT2D eigenvalue weighted by molar-refractivity contribution is 0.197. The van der Waals surface area contributed by atoms with Gasteiger partial charge in [-0.2, -0.15) is 0 Å². The van der Waals surface area contributed by atoms with E-state index < -0.39 is 0 Å². The first-order chi connectivity index (χ1) is 8.97. The Balaban J connectivity index is 2.08. The van der Waals surface area contributed by atoms with Crippen molar-refractivity contribution >= 4 is 53.5 Å². The van der Waals surface area contributed by atoms with Crippen molar-refractivity contribution in [1.29, 1.82) is 0 Å². The molecule has 0 aromatic heterocycles. The SMILES string of the molecule is CC(Nc1c(Br)cc(Br)cc1Br)C1CCCN(C)C1. The summed E-state index contributed by atoms with van der Waals surface area (Å²) >= 11 is 10.8. The van der Waals surface area contributed by atoms with Crippen LogP contribution in [0.5, 0.6) is 0 Å². The summed E-state index contributed by atoms with van der Waals surface area (Å²) in [6.45, 7) is 4.69. The number of hydrogen-bond acceptors (Lipinski definition) is 2. The van der Waals surface area contributed by atoms with Gasteiger partial charge in [0, 0.05) is 26.0 Å². The Morgan fingerprint density at radius 3 is 2.47 bits per heavy atom. The van der Waals surface area contributed by atoms with Crippen LogP contribution in [0.15, 0.2) is 25.6 Å². The molecule has 1 aliphatic heterocycles. The predicted molar refractivity (Wildman–Crippen MR) is 92.8 cm³/mol. The van der Waals surface area contributed by atoms with Crippen LogP contribution in [0.3, 0.4) is 0 Å². The zero-order chi connectivity index (χ0) is 14.0. The molecule has 0 saturated carbocycles. The van der Waals surface area contributed by atoms with Crippen molar-refractivity contribution in [2.24, 2.45) is 5.92 Å². The van der Waals surface area contributed by atoms with Gasteiger partial charge in [0.05, 0.1) is 5.69 Å². The van der Waals surface area contributed by atoms with Gasteiger partial charge in [0.2, 0.25) is 0 Å². The molecule has 2 atom stereocenters. The second kappa shape index (κ2) is 6.92. The highest BCUT2D eigenvalue weighted by Gasteiger charge is 2.23. The molecule has 106 valence electrons. The molecule has 2 unspecified atom stereocenters. The van der Waals surface area contributed by atoms with Crippen molar-refractivity contribution in [1.82, 2.24) is 4.90 Å². The average Bonchev–Trinajstić information content (AvgIpc) is 2.33. The van der Waals surface area contributed by atoms with Crippen LogP contribution in [-0.2, 0) is 0 Å². The zero-order valence-electron chi connectivity index (χ0n) is 11.2. The Labute approximate surface area is 140 Å². The number of nitrogens with one attached hydrogen (secondary N) is 1. The zero-order valence-corrected chi connectivity index (χ0v) is 16.0. The maximum Gasteiger partial charge on any atom is 0.0631 e. The molecule has 1 aliphatic rings. The molecule has 1 fully saturated rings. The molecule has 19 heavy (non-hydrogen) atoms. The minimum absolute atomic E-state index is 0.469. The highest BCUT2D eigenvalue weighted by atomic mass is 79.9. The summed E-state index contributed by atoms with van der Waals surface area (Å²) in [5.74, 6) is 0.709. The highest BCUT2D eigenvalue weighted by molar-refractivity contribution is 9.11. The largest absolute Gasteiger partial charge is 0.380 e. The molecule has 0 amide bonds. The number of anilines is 1. The van der Waals surface area contributed by atoms with Gasteiger partial charge in [-0.15, -0.1) is 0 Å².